The van der Waals surface area contributed by atoms with Crippen LogP contribution in [-0.4, -0.2) is 64.8 Å². The van der Waals surface area contributed by atoms with Crippen LogP contribution in [0.5, 0.6) is 0 Å². The van der Waals surface area contributed by atoms with Gasteiger partial charge in [0.1, 0.15) is 12.0 Å². The third kappa shape index (κ3) is 4.41. The molecular formula is C20H28N4O4. The number of carbonyl (C=O) groups excluding carboxylic acids is 1. The molecular weight excluding hydrogens is 360 g/mol. The first kappa shape index (κ1) is 20.5. The van der Waals surface area contributed by atoms with Gasteiger partial charge in [0.25, 0.3) is 0 Å². The lowest BCUT2D eigenvalue weighted by Crippen LogP contribution is -2.39. The summed E-state index contributed by atoms with van der Waals surface area (Å²) in [6.45, 7) is 8.99. The average molecular weight is 388 g/mol. The van der Waals surface area contributed by atoms with E-state index in [1.807, 2.05) is 26.0 Å². The van der Waals surface area contributed by atoms with Crippen molar-refractivity contribution in [3.63, 3.8) is 0 Å². The number of nitrogens with zero attached hydrogens (tertiary/aromatic N) is 1. The van der Waals surface area contributed by atoms with E-state index in [1.54, 1.807) is 12.3 Å². The highest BCUT2D eigenvalue weighted by atomic mass is 16.5. The van der Waals surface area contributed by atoms with E-state index in [1.165, 1.54) is 0 Å². The number of hydrogen-bond donors (Lipinski definition) is 5. The smallest absolute Gasteiger partial charge is 0.237 e. The number of hydrogen-bond acceptors (Lipinski definition) is 6. The van der Waals surface area contributed by atoms with Crippen molar-refractivity contribution in [2.75, 3.05) is 26.3 Å². The first-order valence-corrected chi connectivity index (χ1v) is 9.35. The molecule has 28 heavy (non-hydrogen) atoms. The molecule has 3 unspecified atom stereocenters. The number of aromatic amines is 1. The molecule has 0 aromatic carbocycles. The summed E-state index contributed by atoms with van der Waals surface area (Å²) in [6.07, 6.45) is 4.01. The van der Waals surface area contributed by atoms with Crippen molar-refractivity contribution >= 4 is 5.91 Å². The summed E-state index contributed by atoms with van der Waals surface area (Å²) in [5.41, 5.74) is 2.65. The molecule has 1 aromatic heterocycles. The van der Waals surface area contributed by atoms with Crippen LogP contribution >= 0.6 is 0 Å². The minimum absolute atomic E-state index is 0.0633. The molecule has 0 saturated heterocycles. The van der Waals surface area contributed by atoms with Crippen molar-refractivity contribution in [1.82, 2.24) is 20.8 Å². The zero-order valence-electron chi connectivity index (χ0n) is 16.2. The average Bonchev–Trinajstić information content (AvgIpc) is 3.27. The third-order valence-electron chi connectivity index (χ3n) is 4.93. The topological polar surface area (TPSA) is 120 Å². The quantitative estimate of drug-likeness (QED) is 0.417. The number of amides is 1. The Labute approximate surface area is 164 Å². The van der Waals surface area contributed by atoms with E-state index >= 15 is 0 Å². The second kappa shape index (κ2) is 8.40. The molecule has 0 saturated carbocycles. The van der Waals surface area contributed by atoms with Gasteiger partial charge < -0.3 is 25.6 Å². The molecule has 2 heterocycles. The number of aliphatic hydroxyl groups is 2. The van der Waals surface area contributed by atoms with E-state index in [9.17, 15) is 15.0 Å². The summed E-state index contributed by atoms with van der Waals surface area (Å²) in [7, 11) is 0. The van der Waals surface area contributed by atoms with E-state index in [4.69, 9.17) is 4.74 Å². The molecule has 0 bridgehead atoms. The molecule has 1 amide bonds. The fourth-order valence-electron chi connectivity index (χ4n) is 3.31. The number of allylic oxidation sites excluding steroid dienone is 1. The van der Waals surface area contributed by atoms with E-state index in [0.717, 1.165) is 11.1 Å². The molecule has 8 nitrogen and oxygen atoms in total. The van der Waals surface area contributed by atoms with Gasteiger partial charge in [0.05, 0.1) is 18.4 Å². The molecule has 1 aliphatic heterocycles. The Kier molecular flexibility index (Phi) is 6.14. The SMILES string of the molecule is C=C1C=CC2=C(C1OCC(O)CNCC(C)(C)CO)C(c1ccn[nH]1)C(=O)N2. The standard InChI is InChI=1S/C20H28N4O4/c1-12-4-5-14-16(17(19(27)23-14)15-6-7-22-24-15)18(12)28-9-13(26)8-21-10-20(2,3)11-25/h4-7,13,17-18,21,25-26H,1,8-11H2,2-3H3,(H,22,24)(H,23,27). The molecule has 5 N–H and O–H groups in total. The highest BCUT2D eigenvalue weighted by Gasteiger charge is 2.41. The van der Waals surface area contributed by atoms with Gasteiger partial charge >= 0.3 is 0 Å². The van der Waals surface area contributed by atoms with Crippen LogP contribution in [0.25, 0.3) is 0 Å². The summed E-state index contributed by atoms with van der Waals surface area (Å²) >= 11 is 0. The van der Waals surface area contributed by atoms with E-state index < -0.39 is 18.1 Å². The Morgan fingerprint density at radius 2 is 2.21 bits per heavy atom. The molecule has 1 aromatic rings. The summed E-state index contributed by atoms with van der Waals surface area (Å²) in [5.74, 6) is -0.666. The van der Waals surface area contributed by atoms with E-state index in [0.29, 0.717) is 24.5 Å². The van der Waals surface area contributed by atoms with Gasteiger partial charge in [-0.1, -0.05) is 26.5 Å². The van der Waals surface area contributed by atoms with Gasteiger partial charge in [0.2, 0.25) is 5.91 Å². The molecule has 2 aliphatic rings. The van der Waals surface area contributed by atoms with Gasteiger partial charge in [0.15, 0.2) is 0 Å². The molecule has 3 atom stereocenters. The normalized spacial score (nSPS) is 23.1. The fraction of sp³-hybridized carbons (Fsp3) is 0.500. The molecule has 0 fully saturated rings. The van der Waals surface area contributed by atoms with Gasteiger partial charge in [-0.05, 0) is 17.7 Å². The highest BCUT2D eigenvalue weighted by molar-refractivity contribution is 5.93. The van der Waals surface area contributed by atoms with Gasteiger partial charge in [-0.25, -0.2) is 0 Å². The van der Waals surface area contributed by atoms with E-state index in [-0.39, 0.29) is 24.5 Å². The number of carbonyl (C=O) groups is 1. The lowest BCUT2D eigenvalue weighted by atomic mass is 9.86. The number of ether oxygens (including phenoxy) is 1. The number of aliphatic hydroxyl groups excluding tert-OH is 2. The van der Waals surface area contributed by atoms with Crippen molar-refractivity contribution in [2.45, 2.75) is 32.0 Å². The summed E-state index contributed by atoms with van der Waals surface area (Å²) < 4.78 is 5.98. The number of rotatable bonds is 9. The van der Waals surface area contributed by atoms with Crippen molar-refractivity contribution in [1.29, 1.82) is 0 Å². The van der Waals surface area contributed by atoms with Crippen LogP contribution in [0.2, 0.25) is 0 Å². The lowest BCUT2D eigenvalue weighted by Gasteiger charge is -2.27. The summed E-state index contributed by atoms with van der Waals surface area (Å²) in [5, 5.41) is 32.4. The van der Waals surface area contributed by atoms with Crippen molar-refractivity contribution in [3.8, 4) is 0 Å². The fourth-order valence-corrected chi connectivity index (χ4v) is 3.31. The minimum Gasteiger partial charge on any atom is -0.396 e. The van der Waals surface area contributed by atoms with Gasteiger partial charge in [-0.15, -0.1) is 0 Å². The van der Waals surface area contributed by atoms with Crippen molar-refractivity contribution < 1.29 is 19.7 Å². The number of nitrogens with one attached hydrogen (secondary N) is 3. The van der Waals surface area contributed by atoms with Crippen LogP contribution in [0, 0.1) is 5.41 Å². The maximum absolute atomic E-state index is 12.5. The van der Waals surface area contributed by atoms with Crippen LogP contribution < -0.4 is 10.6 Å². The molecule has 152 valence electrons. The van der Waals surface area contributed by atoms with Crippen molar-refractivity contribution in [2.24, 2.45) is 5.41 Å². The van der Waals surface area contributed by atoms with Crippen LogP contribution in [0.15, 0.2) is 47.8 Å². The molecule has 8 heteroatoms. The Balaban J connectivity index is 1.63. The predicted molar refractivity (Wildman–Crippen MR) is 104 cm³/mol. The first-order chi connectivity index (χ1) is 13.3. The number of aromatic nitrogens is 2. The highest BCUT2D eigenvalue weighted by Crippen LogP contribution is 2.39. The third-order valence-corrected chi connectivity index (χ3v) is 4.93. The van der Waals surface area contributed by atoms with Gasteiger partial charge in [0, 0.05) is 42.6 Å². The number of H-pyrrole nitrogens is 1. The van der Waals surface area contributed by atoms with Crippen LogP contribution in [0.1, 0.15) is 25.5 Å². The largest absolute Gasteiger partial charge is 0.396 e. The lowest BCUT2D eigenvalue weighted by molar-refractivity contribution is -0.120. The Morgan fingerprint density at radius 1 is 1.43 bits per heavy atom. The molecule has 1 aliphatic carbocycles. The van der Waals surface area contributed by atoms with Crippen LogP contribution in [0.4, 0.5) is 0 Å². The molecule has 0 spiro atoms. The zero-order valence-corrected chi connectivity index (χ0v) is 16.2. The van der Waals surface area contributed by atoms with Crippen LogP contribution in [0.3, 0.4) is 0 Å². The second-order valence-corrected chi connectivity index (χ2v) is 8.03. The summed E-state index contributed by atoms with van der Waals surface area (Å²) in [4.78, 5) is 12.5. The summed E-state index contributed by atoms with van der Waals surface area (Å²) in [6, 6.07) is 1.76. The maximum atomic E-state index is 12.5. The van der Waals surface area contributed by atoms with Crippen molar-refractivity contribution in [3.05, 3.63) is 53.5 Å². The second-order valence-electron chi connectivity index (χ2n) is 8.03. The Hall–Kier alpha value is -2.26. The Morgan fingerprint density at radius 3 is 2.89 bits per heavy atom. The first-order valence-electron chi connectivity index (χ1n) is 9.35. The molecule has 0 radical (unpaired) electrons. The Bertz CT molecular complexity index is 782. The molecule has 3 rings (SSSR count). The monoisotopic (exact) mass is 388 g/mol. The predicted octanol–water partition coefficient (Wildman–Crippen LogP) is 0.357. The zero-order chi connectivity index (χ0) is 20.3. The maximum Gasteiger partial charge on any atom is 0.237 e. The van der Waals surface area contributed by atoms with Crippen LogP contribution in [-0.2, 0) is 9.53 Å². The van der Waals surface area contributed by atoms with E-state index in [2.05, 4.69) is 27.4 Å². The van der Waals surface area contributed by atoms with Gasteiger partial charge in [-0.3, -0.25) is 9.89 Å². The minimum atomic E-state index is -0.729. The van der Waals surface area contributed by atoms with Gasteiger partial charge in [-0.2, -0.15) is 5.10 Å².